The predicted molar refractivity (Wildman–Crippen MR) is 85.4 cm³/mol. The molecule has 0 fully saturated rings. The Morgan fingerprint density at radius 3 is 2.27 bits per heavy atom. The normalized spacial score (nSPS) is 10.3. The molecule has 0 aliphatic carbocycles. The van der Waals surface area contributed by atoms with E-state index in [1.54, 1.807) is 7.11 Å². The highest BCUT2D eigenvalue weighted by Crippen LogP contribution is 2.19. The topological polar surface area (TPSA) is 67.0 Å². The van der Waals surface area contributed by atoms with E-state index in [2.05, 4.69) is 35.0 Å². The van der Waals surface area contributed by atoms with Crippen molar-refractivity contribution in [3.05, 3.63) is 30.0 Å². The molecule has 0 spiro atoms. The minimum absolute atomic E-state index is 0.359. The van der Waals surface area contributed by atoms with Crippen LogP contribution in [0.4, 0.5) is 5.82 Å². The van der Waals surface area contributed by atoms with Gasteiger partial charge >= 0.3 is 0 Å². The molecule has 6 heteroatoms. The number of hydrogen-bond acceptors (Lipinski definition) is 5. The third kappa shape index (κ3) is 3.37. The van der Waals surface area contributed by atoms with E-state index in [9.17, 15) is 5.26 Å². The Kier molecular flexibility index (Phi) is 5.37. The van der Waals surface area contributed by atoms with Crippen molar-refractivity contribution in [1.29, 1.82) is 5.26 Å². The van der Waals surface area contributed by atoms with Gasteiger partial charge in [-0.1, -0.05) is 13.8 Å². The van der Waals surface area contributed by atoms with Gasteiger partial charge in [-0.15, -0.1) is 15.0 Å². The van der Waals surface area contributed by atoms with Gasteiger partial charge in [-0.3, -0.25) is 0 Å². The summed E-state index contributed by atoms with van der Waals surface area (Å²) in [4.78, 5) is 3.62. The van der Waals surface area contributed by atoms with Crippen molar-refractivity contribution in [1.82, 2.24) is 15.0 Å². The van der Waals surface area contributed by atoms with Gasteiger partial charge < -0.3 is 9.64 Å². The zero-order valence-corrected chi connectivity index (χ0v) is 13.3. The molecule has 6 nitrogen and oxygen atoms in total. The third-order valence-corrected chi connectivity index (χ3v) is 3.29. The highest BCUT2D eigenvalue weighted by atomic mass is 16.5. The molecule has 0 atom stereocenters. The second-order valence-corrected chi connectivity index (χ2v) is 4.96. The summed E-state index contributed by atoms with van der Waals surface area (Å²) >= 11 is 0. The smallest absolute Gasteiger partial charge is 0.207 e. The van der Waals surface area contributed by atoms with Gasteiger partial charge in [0.25, 0.3) is 0 Å². The van der Waals surface area contributed by atoms with Crippen LogP contribution in [0.1, 0.15) is 32.4 Å². The molecule has 116 valence electrons. The first-order valence-corrected chi connectivity index (χ1v) is 7.50. The monoisotopic (exact) mass is 299 g/mol. The first kappa shape index (κ1) is 15.8. The van der Waals surface area contributed by atoms with Crippen LogP contribution in [0.5, 0.6) is 5.75 Å². The van der Waals surface area contributed by atoms with Gasteiger partial charge in [0.15, 0.2) is 5.82 Å². The molecule has 0 bridgehead atoms. The minimum atomic E-state index is 0.359. The van der Waals surface area contributed by atoms with Crippen molar-refractivity contribution >= 4 is 5.82 Å². The molecule has 1 heterocycles. The lowest BCUT2D eigenvalue weighted by atomic mass is 10.3. The zero-order valence-electron chi connectivity index (χ0n) is 13.3. The molecule has 0 radical (unpaired) electrons. The Bertz CT molecular complexity index is 636. The molecule has 0 N–H and O–H groups in total. The van der Waals surface area contributed by atoms with Crippen molar-refractivity contribution in [3.63, 3.8) is 0 Å². The van der Waals surface area contributed by atoms with Gasteiger partial charge in [0.2, 0.25) is 5.69 Å². The summed E-state index contributed by atoms with van der Waals surface area (Å²) in [6.07, 6.45) is 2.00. The quantitative estimate of drug-likeness (QED) is 0.786. The van der Waals surface area contributed by atoms with Crippen LogP contribution in [0.3, 0.4) is 0 Å². The van der Waals surface area contributed by atoms with Crippen LogP contribution < -0.4 is 9.64 Å². The molecule has 0 amide bonds. The lowest BCUT2D eigenvalue weighted by Gasteiger charge is -2.20. The summed E-state index contributed by atoms with van der Waals surface area (Å²) in [6, 6.07) is 9.58. The number of ether oxygens (including phenoxy) is 1. The van der Waals surface area contributed by atoms with Crippen LogP contribution in [0, 0.1) is 11.3 Å². The largest absolute Gasteiger partial charge is 0.497 e. The number of nitrogens with zero attached hydrogens (tertiary/aromatic N) is 5. The fraction of sp³-hybridized carbons (Fsp3) is 0.438. The summed E-state index contributed by atoms with van der Waals surface area (Å²) in [5.41, 5.74) is 1.16. The molecule has 1 aromatic carbocycles. The lowest BCUT2D eigenvalue weighted by molar-refractivity contribution is 0.414. The van der Waals surface area contributed by atoms with Crippen molar-refractivity contribution < 1.29 is 4.74 Å². The van der Waals surface area contributed by atoms with E-state index in [0.717, 1.165) is 37.4 Å². The molecule has 2 rings (SSSR count). The second-order valence-electron chi connectivity index (χ2n) is 4.96. The number of rotatable bonds is 7. The van der Waals surface area contributed by atoms with E-state index < -0.39 is 0 Å². The number of anilines is 1. The Balaban J connectivity index is 2.36. The first-order chi connectivity index (χ1) is 10.7. The van der Waals surface area contributed by atoms with Gasteiger partial charge in [0.05, 0.1) is 12.8 Å². The average molecular weight is 299 g/mol. The third-order valence-electron chi connectivity index (χ3n) is 3.29. The van der Waals surface area contributed by atoms with Crippen molar-refractivity contribution in [2.75, 3.05) is 25.1 Å². The lowest BCUT2D eigenvalue weighted by Crippen LogP contribution is -2.26. The van der Waals surface area contributed by atoms with E-state index in [1.807, 2.05) is 24.3 Å². The van der Waals surface area contributed by atoms with Crippen LogP contribution in [-0.2, 0) is 0 Å². The van der Waals surface area contributed by atoms with Gasteiger partial charge in [0.1, 0.15) is 11.8 Å². The van der Waals surface area contributed by atoms with Gasteiger partial charge in [-0.05, 0) is 37.1 Å². The predicted octanol–water partition coefficient (Wildman–Crippen LogP) is 2.77. The molecule has 0 saturated heterocycles. The van der Waals surface area contributed by atoms with Crippen LogP contribution >= 0.6 is 0 Å². The van der Waals surface area contributed by atoms with Gasteiger partial charge in [-0.2, -0.15) is 5.26 Å². The molecular formula is C16H21N5O. The minimum Gasteiger partial charge on any atom is -0.497 e. The van der Waals surface area contributed by atoms with Crippen molar-refractivity contribution in [2.45, 2.75) is 26.7 Å². The van der Waals surface area contributed by atoms with E-state index in [0.29, 0.717) is 11.5 Å². The molecule has 0 aliphatic rings. The molecule has 1 aromatic heterocycles. The molecule has 0 saturated carbocycles. The Hall–Kier alpha value is -2.55. The maximum absolute atomic E-state index is 9.33. The van der Waals surface area contributed by atoms with Crippen LogP contribution in [-0.4, -0.2) is 35.2 Å². The summed E-state index contributed by atoms with van der Waals surface area (Å²) in [6.45, 7) is 5.96. The fourth-order valence-electron chi connectivity index (χ4n) is 2.28. The Morgan fingerprint density at radius 1 is 1.14 bits per heavy atom. The first-order valence-electron chi connectivity index (χ1n) is 7.50. The van der Waals surface area contributed by atoms with E-state index in [1.165, 1.54) is 4.80 Å². The highest BCUT2D eigenvalue weighted by molar-refractivity contribution is 5.50. The number of nitriles is 1. The van der Waals surface area contributed by atoms with Crippen molar-refractivity contribution in [2.24, 2.45) is 0 Å². The van der Waals surface area contributed by atoms with Crippen LogP contribution in [0.2, 0.25) is 0 Å². The summed E-state index contributed by atoms with van der Waals surface area (Å²) in [5.74, 6) is 1.43. The maximum atomic E-state index is 9.33. The Labute approximate surface area is 130 Å². The van der Waals surface area contributed by atoms with Crippen molar-refractivity contribution in [3.8, 4) is 17.5 Å². The average Bonchev–Trinajstić information content (AvgIpc) is 2.99. The van der Waals surface area contributed by atoms with E-state index in [-0.39, 0.29) is 0 Å². The van der Waals surface area contributed by atoms with Crippen LogP contribution in [0.25, 0.3) is 5.69 Å². The van der Waals surface area contributed by atoms with Gasteiger partial charge in [0, 0.05) is 13.1 Å². The molecule has 2 aromatic rings. The molecule has 0 unspecified atom stereocenters. The molecule has 22 heavy (non-hydrogen) atoms. The fourth-order valence-corrected chi connectivity index (χ4v) is 2.28. The SMILES string of the molecule is CCCN(CCC)c1nn(-c2ccc(OC)cc2)nc1C#N. The highest BCUT2D eigenvalue weighted by Gasteiger charge is 2.17. The Morgan fingerprint density at radius 2 is 1.77 bits per heavy atom. The summed E-state index contributed by atoms with van der Waals surface area (Å²) in [5, 5.41) is 18.1. The summed E-state index contributed by atoms with van der Waals surface area (Å²) < 4.78 is 5.15. The number of aromatic nitrogens is 3. The zero-order chi connectivity index (χ0) is 15.9. The van der Waals surface area contributed by atoms with E-state index in [4.69, 9.17) is 4.74 Å². The van der Waals surface area contributed by atoms with Crippen LogP contribution in [0.15, 0.2) is 24.3 Å². The summed E-state index contributed by atoms with van der Waals surface area (Å²) in [7, 11) is 1.63. The van der Waals surface area contributed by atoms with E-state index >= 15 is 0 Å². The number of benzene rings is 1. The van der Waals surface area contributed by atoms with Gasteiger partial charge in [-0.25, -0.2) is 0 Å². The number of methoxy groups -OCH3 is 1. The second kappa shape index (κ2) is 7.46. The number of hydrogen-bond donors (Lipinski definition) is 0. The molecule has 0 aliphatic heterocycles. The molecular weight excluding hydrogens is 278 g/mol. The standard InChI is InChI=1S/C16H21N5O/c1-4-10-20(11-5-2)16-15(12-17)18-21(19-16)13-6-8-14(22-3)9-7-13/h6-9H,4-5,10-11H2,1-3H3. The maximum Gasteiger partial charge on any atom is 0.207 e.